The Balaban J connectivity index is 1.56. The molecule has 0 bridgehead atoms. The number of piperazine rings is 1. The van der Waals surface area contributed by atoms with Gasteiger partial charge >= 0.3 is 12.2 Å². The Morgan fingerprint density at radius 1 is 1.04 bits per heavy atom. The first-order valence-electron chi connectivity index (χ1n) is 8.97. The fraction of sp³-hybridized carbons (Fsp3) is 0.350. The van der Waals surface area contributed by atoms with E-state index in [1.807, 2.05) is 0 Å². The molecule has 0 saturated carbocycles. The molecule has 0 aliphatic carbocycles. The minimum Gasteiger partial charge on any atom is -0.368 e. The van der Waals surface area contributed by atoms with Crippen LogP contribution < -0.4 is 10.2 Å². The van der Waals surface area contributed by atoms with Crippen LogP contribution in [0.3, 0.4) is 0 Å². The van der Waals surface area contributed by atoms with Crippen LogP contribution in [0.15, 0.2) is 48.5 Å². The van der Waals surface area contributed by atoms with E-state index in [2.05, 4.69) is 10.2 Å². The summed E-state index contributed by atoms with van der Waals surface area (Å²) >= 11 is 0. The molecule has 1 atom stereocenters. The molecule has 4 nitrogen and oxygen atoms in total. The van der Waals surface area contributed by atoms with Gasteiger partial charge in [-0.3, -0.25) is 0 Å². The Morgan fingerprint density at radius 3 is 2.29 bits per heavy atom. The second-order valence-corrected chi connectivity index (χ2v) is 6.74. The van der Waals surface area contributed by atoms with Gasteiger partial charge in [0.25, 0.3) is 0 Å². The van der Waals surface area contributed by atoms with Crippen molar-refractivity contribution in [1.82, 2.24) is 10.2 Å². The van der Waals surface area contributed by atoms with E-state index in [4.69, 9.17) is 0 Å². The lowest BCUT2D eigenvalue weighted by atomic mass is 10.1. The molecular formula is C20H21F4N3O. The standard InChI is InChI=1S/C20H21F4N3O/c1-14(15-3-2-4-16(13-15)20(22,23)24)25-19(28)27-11-9-26(10-12-27)18-7-5-17(21)6-8-18/h2-8,13-14H,9-12H2,1H3,(H,25,28). The van der Waals surface area contributed by atoms with E-state index < -0.39 is 17.8 Å². The second kappa shape index (κ2) is 8.08. The number of carbonyl (C=O) groups excluding carboxylic acids is 1. The first kappa shape index (κ1) is 20.0. The molecule has 0 radical (unpaired) electrons. The van der Waals surface area contributed by atoms with Crippen molar-refractivity contribution in [2.24, 2.45) is 0 Å². The molecule has 1 aliphatic heterocycles. The smallest absolute Gasteiger partial charge is 0.368 e. The minimum atomic E-state index is -4.42. The third-order valence-corrected chi connectivity index (χ3v) is 4.81. The van der Waals surface area contributed by atoms with Gasteiger partial charge in [0, 0.05) is 31.9 Å². The highest BCUT2D eigenvalue weighted by atomic mass is 19.4. The van der Waals surface area contributed by atoms with Gasteiger partial charge in [0.2, 0.25) is 0 Å². The minimum absolute atomic E-state index is 0.301. The summed E-state index contributed by atoms with van der Waals surface area (Å²) in [5.74, 6) is -0.301. The SMILES string of the molecule is CC(NC(=O)N1CCN(c2ccc(F)cc2)CC1)c1cccc(C(F)(F)F)c1. The van der Waals surface area contributed by atoms with Crippen LogP contribution in [0.2, 0.25) is 0 Å². The number of carbonyl (C=O) groups is 1. The van der Waals surface area contributed by atoms with Crippen molar-refractivity contribution >= 4 is 11.7 Å². The molecule has 1 N–H and O–H groups in total. The Morgan fingerprint density at radius 2 is 1.68 bits per heavy atom. The lowest BCUT2D eigenvalue weighted by molar-refractivity contribution is -0.137. The monoisotopic (exact) mass is 395 g/mol. The van der Waals surface area contributed by atoms with Gasteiger partial charge in [0.05, 0.1) is 11.6 Å². The molecule has 0 spiro atoms. The molecule has 2 aromatic rings. The van der Waals surface area contributed by atoms with Crippen LogP contribution >= 0.6 is 0 Å². The summed E-state index contributed by atoms with van der Waals surface area (Å²) in [6, 6.07) is 10.3. The second-order valence-electron chi connectivity index (χ2n) is 6.74. The normalized spacial score (nSPS) is 16.0. The number of benzene rings is 2. The summed E-state index contributed by atoms with van der Waals surface area (Å²) in [7, 11) is 0. The first-order chi connectivity index (χ1) is 13.2. The third kappa shape index (κ3) is 4.74. The molecule has 0 aromatic heterocycles. The van der Waals surface area contributed by atoms with Gasteiger partial charge < -0.3 is 15.1 Å². The first-order valence-corrected chi connectivity index (χ1v) is 8.97. The van der Waals surface area contributed by atoms with Crippen LogP contribution in [0.1, 0.15) is 24.1 Å². The molecule has 1 aliphatic rings. The maximum absolute atomic E-state index is 13.0. The fourth-order valence-electron chi connectivity index (χ4n) is 3.16. The Kier molecular flexibility index (Phi) is 5.76. The quantitative estimate of drug-likeness (QED) is 0.780. The predicted octanol–water partition coefficient (Wildman–Crippen LogP) is 4.44. The number of hydrogen-bond acceptors (Lipinski definition) is 2. The molecule has 1 unspecified atom stereocenters. The zero-order valence-electron chi connectivity index (χ0n) is 15.3. The van der Waals surface area contributed by atoms with E-state index in [0.29, 0.717) is 31.7 Å². The van der Waals surface area contributed by atoms with Crippen molar-refractivity contribution in [3.05, 3.63) is 65.5 Å². The fourth-order valence-corrected chi connectivity index (χ4v) is 3.16. The largest absolute Gasteiger partial charge is 0.416 e. The topological polar surface area (TPSA) is 35.6 Å². The lowest BCUT2D eigenvalue weighted by Gasteiger charge is -2.36. The van der Waals surface area contributed by atoms with Gasteiger partial charge in [-0.05, 0) is 48.9 Å². The summed E-state index contributed by atoms with van der Waals surface area (Å²) in [5, 5.41) is 2.76. The highest BCUT2D eigenvalue weighted by molar-refractivity contribution is 5.75. The maximum atomic E-state index is 13.0. The lowest BCUT2D eigenvalue weighted by Crippen LogP contribution is -2.52. The summed E-state index contributed by atoms with van der Waals surface area (Å²) in [4.78, 5) is 16.2. The van der Waals surface area contributed by atoms with Crippen molar-refractivity contribution in [2.45, 2.75) is 19.1 Å². The number of urea groups is 1. The third-order valence-electron chi connectivity index (χ3n) is 4.81. The highest BCUT2D eigenvalue weighted by Gasteiger charge is 2.31. The van der Waals surface area contributed by atoms with E-state index in [1.54, 1.807) is 30.0 Å². The number of nitrogens with zero attached hydrogens (tertiary/aromatic N) is 2. The molecule has 1 fully saturated rings. The summed E-state index contributed by atoms with van der Waals surface area (Å²) in [6.45, 7) is 3.78. The number of alkyl halides is 3. The molecular weight excluding hydrogens is 374 g/mol. The number of hydrogen-bond donors (Lipinski definition) is 1. The van der Waals surface area contributed by atoms with Crippen molar-refractivity contribution in [3.8, 4) is 0 Å². The van der Waals surface area contributed by atoms with E-state index in [1.165, 1.54) is 18.2 Å². The average molecular weight is 395 g/mol. The molecule has 8 heteroatoms. The number of halogens is 4. The number of nitrogens with one attached hydrogen (secondary N) is 1. The Labute approximate surface area is 160 Å². The van der Waals surface area contributed by atoms with Crippen molar-refractivity contribution in [3.63, 3.8) is 0 Å². The van der Waals surface area contributed by atoms with Crippen molar-refractivity contribution < 1.29 is 22.4 Å². The molecule has 3 rings (SSSR count). The highest BCUT2D eigenvalue weighted by Crippen LogP contribution is 2.30. The molecule has 28 heavy (non-hydrogen) atoms. The van der Waals surface area contributed by atoms with Gasteiger partial charge in [0.15, 0.2) is 0 Å². The van der Waals surface area contributed by atoms with Gasteiger partial charge in [-0.1, -0.05) is 12.1 Å². The van der Waals surface area contributed by atoms with Crippen LogP contribution in [-0.2, 0) is 6.18 Å². The molecule has 2 aromatic carbocycles. The molecule has 1 heterocycles. The average Bonchev–Trinajstić information content (AvgIpc) is 2.68. The van der Waals surface area contributed by atoms with Gasteiger partial charge in [-0.25, -0.2) is 9.18 Å². The number of anilines is 1. The van der Waals surface area contributed by atoms with E-state index in [9.17, 15) is 22.4 Å². The number of rotatable bonds is 3. The predicted molar refractivity (Wildman–Crippen MR) is 98.6 cm³/mol. The van der Waals surface area contributed by atoms with Gasteiger partial charge in [-0.2, -0.15) is 13.2 Å². The zero-order chi connectivity index (χ0) is 20.3. The van der Waals surface area contributed by atoms with Crippen LogP contribution in [0.25, 0.3) is 0 Å². The Bertz CT molecular complexity index is 815. The summed E-state index contributed by atoms with van der Waals surface area (Å²) in [5.41, 5.74) is 0.547. The Hall–Kier alpha value is -2.77. The zero-order valence-corrected chi connectivity index (χ0v) is 15.3. The summed E-state index contributed by atoms with van der Waals surface area (Å²) < 4.78 is 51.6. The maximum Gasteiger partial charge on any atom is 0.416 e. The van der Waals surface area contributed by atoms with Crippen LogP contribution in [-0.4, -0.2) is 37.1 Å². The van der Waals surface area contributed by atoms with E-state index in [-0.39, 0.29) is 11.8 Å². The summed E-state index contributed by atoms with van der Waals surface area (Å²) in [6.07, 6.45) is -4.42. The van der Waals surface area contributed by atoms with Gasteiger partial charge in [-0.15, -0.1) is 0 Å². The van der Waals surface area contributed by atoms with Crippen LogP contribution in [0.4, 0.5) is 28.0 Å². The van der Waals surface area contributed by atoms with E-state index >= 15 is 0 Å². The van der Waals surface area contributed by atoms with Crippen molar-refractivity contribution in [1.29, 1.82) is 0 Å². The molecule has 150 valence electrons. The van der Waals surface area contributed by atoms with Crippen LogP contribution in [0.5, 0.6) is 0 Å². The van der Waals surface area contributed by atoms with Crippen LogP contribution in [0, 0.1) is 5.82 Å². The molecule has 1 saturated heterocycles. The van der Waals surface area contributed by atoms with Crippen molar-refractivity contribution in [2.75, 3.05) is 31.1 Å². The van der Waals surface area contributed by atoms with E-state index in [0.717, 1.165) is 17.8 Å². The molecule has 2 amide bonds. The number of amides is 2. The van der Waals surface area contributed by atoms with Gasteiger partial charge in [0.1, 0.15) is 5.82 Å².